The van der Waals surface area contributed by atoms with Crippen molar-refractivity contribution in [2.45, 2.75) is 25.2 Å². The van der Waals surface area contributed by atoms with Gasteiger partial charge in [-0.05, 0) is 30.2 Å². The highest BCUT2D eigenvalue weighted by molar-refractivity contribution is 5.35. The van der Waals surface area contributed by atoms with Crippen LogP contribution in [0.2, 0.25) is 0 Å². The molecule has 0 saturated carbocycles. The number of likely N-dealkylation sites (N-methyl/N-ethyl adjacent to an activating group) is 1. The third-order valence-corrected chi connectivity index (χ3v) is 4.43. The molecule has 3 heteroatoms. The normalized spacial score (nSPS) is 20.3. The maximum atomic E-state index is 10.5. The summed E-state index contributed by atoms with van der Waals surface area (Å²) in [5.74, 6) is 0. The molecule has 0 aromatic heterocycles. The average Bonchev–Trinajstić information content (AvgIpc) is 2.90. The lowest BCUT2D eigenvalue weighted by molar-refractivity contribution is 0.0447. The first-order valence-electron chi connectivity index (χ1n) is 7.83. The third kappa shape index (κ3) is 3.38. The standard InChI is InChI=1S/C19H23NO2/c1-20(11-12-22-14-15-7-3-2-4-8-15)18-13-16-9-5-6-10-17(16)19(18)21/h2-10,18-19,21H,11-14H2,1H3. The lowest BCUT2D eigenvalue weighted by Crippen LogP contribution is -2.37. The molecule has 2 aromatic rings. The van der Waals surface area contributed by atoms with Crippen LogP contribution in [-0.2, 0) is 17.8 Å². The number of aliphatic hydroxyl groups excluding tert-OH is 1. The average molecular weight is 297 g/mol. The zero-order valence-corrected chi connectivity index (χ0v) is 13.0. The largest absolute Gasteiger partial charge is 0.387 e. The number of nitrogens with zero attached hydrogens (tertiary/aromatic N) is 1. The van der Waals surface area contributed by atoms with Crippen LogP contribution in [0.25, 0.3) is 0 Å². The zero-order chi connectivity index (χ0) is 15.4. The van der Waals surface area contributed by atoms with Gasteiger partial charge in [0.15, 0.2) is 0 Å². The summed E-state index contributed by atoms with van der Waals surface area (Å²) in [4.78, 5) is 2.20. The van der Waals surface area contributed by atoms with Crippen LogP contribution in [0.1, 0.15) is 22.8 Å². The van der Waals surface area contributed by atoms with E-state index in [9.17, 15) is 5.11 Å². The van der Waals surface area contributed by atoms with Crippen LogP contribution in [0.15, 0.2) is 54.6 Å². The monoisotopic (exact) mass is 297 g/mol. The first kappa shape index (κ1) is 15.2. The SMILES string of the molecule is CN(CCOCc1ccccc1)C1Cc2ccccc2C1O. The number of rotatable bonds is 6. The van der Waals surface area contributed by atoms with Gasteiger partial charge in [0.1, 0.15) is 0 Å². The van der Waals surface area contributed by atoms with Crippen LogP contribution in [0.4, 0.5) is 0 Å². The van der Waals surface area contributed by atoms with Crippen LogP contribution in [0, 0.1) is 0 Å². The van der Waals surface area contributed by atoms with Crippen molar-refractivity contribution in [3.8, 4) is 0 Å². The van der Waals surface area contributed by atoms with E-state index in [4.69, 9.17) is 4.74 Å². The minimum atomic E-state index is -0.393. The molecule has 0 bridgehead atoms. The number of hydrogen-bond acceptors (Lipinski definition) is 3. The molecule has 3 nitrogen and oxygen atoms in total. The van der Waals surface area contributed by atoms with E-state index in [1.54, 1.807) is 0 Å². The van der Waals surface area contributed by atoms with Crippen molar-refractivity contribution >= 4 is 0 Å². The van der Waals surface area contributed by atoms with Gasteiger partial charge in [0.25, 0.3) is 0 Å². The zero-order valence-electron chi connectivity index (χ0n) is 13.0. The van der Waals surface area contributed by atoms with Crippen molar-refractivity contribution < 1.29 is 9.84 Å². The fourth-order valence-corrected chi connectivity index (χ4v) is 3.09. The van der Waals surface area contributed by atoms with Gasteiger partial charge in [0.05, 0.1) is 19.3 Å². The quantitative estimate of drug-likeness (QED) is 0.832. The second kappa shape index (κ2) is 7.05. The molecule has 0 radical (unpaired) electrons. The second-order valence-electron chi connectivity index (χ2n) is 5.93. The summed E-state index contributed by atoms with van der Waals surface area (Å²) in [7, 11) is 2.06. The van der Waals surface area contributed by atoms with Crippen molar-refractivity contribution in [1.82, 2.24) is 4.90 Å². The summed E-state index contributed by atoms with van der Waals surface area (Å²) in [6, 6.07) is 18.5. The Bertz CT molecular complexity index is 599. The van der Waals surface area contributed by atoms with Gasteiger partial charge in [-0.1, -0.05) is 54.6 Å². The smallest absolute Gasteiger partial charge is 0.0950 e. The van der Waals surface area contributed by atoms with Gasteiger partial charge < -0.3 is 9.84 Å². The Labute approximate surface area is 132 Å². The van der Waals surface area contributed by atoms with Gasteiger partial charge in [-0.3, -0.25) is 4.90 Å². The fourth-order valence-electron chi connectivity index (χ4n) is 3.09. The third-order valence-electron chi connectivity index (χ3n) is 4.43. The van der Waals surface area contributed by atoms with Crippen LogP contribution in [0.5, 0.6) is 0 Å². The molecule has 1 aliphatic rings. The van der Waals surface area contributed by atoms with E-state index in [1.807, 2.05) is 36.4 Å². The number of hydrogen-bond donors (Lipinski definition) is 1. The van der Waals surface area contributed by atoms with E-state index < -0.39 is 6.10 Å². The second-order valence-corrected chi connectivity index (χ2v) is 5.93. The summed E-state index contributed by atoms with van der Waals surface area (Å²) < 4.78 is 5.74. The summed E-state index contributed by atoms with van der Waals surface area (Å²) in [6.45, 7) is 2.13. The van der Waals surface area contributed by atoms with Crippen molar-refractivity contribution in [2.24, 2.45) is 0 Å². The fraction of sp³-hybridized carbons (Fsp3) is 0.368. The van der Waals surface area contributed by atoms with Crippen molar-refractivity contribution in [1.29, 1.82) is 0 Å². The van der Waals surface area contributed by atoms with Gasteiger partial charge in [-0.25, -0.2) is 0 Å². The molecule has 1 aliphatic carbocycles. The molecule has 2 atom stereocenters. The first-order valence-corrected chi connectivity index (χ1v) is 7.83. The van der Waals surface area contributed by atoms with Crippen LogP contribution >= 0.6 is 0 Å². The molecule has 0 spiro atoms. The van der Waals surface area contributed by atoms with Crippen LogP contribution < -0.4 is 0 Å². The molecular formula is C19H23NO2. The van der Waals surface area contributed by atoms with Gasteiger partial charge in [-0.2, -0.15) is 0 Å². The Morgan fingerprint density at radius 2 is 1.82 bits per heavy atom. The number of fused-ring (bicyclic) bond motifs is 1. The first-order chi connectivity index (χ1) is 10.8. The number of aliphatic hydroxyl groups is 1. The maximum Gasteiger partial charge on any atom is 0.0950 e. The Morgan fingerprint density at radius 1 is 1.09 bits per heavy atom. The maximum absolute atomic E-state index is 10.5. The summed E-state index contributed by atoms with van der Waals surface area (Å²) in [5.41, 5.74) is 3.53. The van der Waals surface area contributed by atoms with E-state index in [2.05, 4.69) is 30.1 Å². The molecule has 0 saturated heterocycles. The molecule has 3 rings (SSSR count). The van der Waals surface area contributed by atoms with Gasteiger partial charge in [0.2, 0.25) is 0 Å². The minimum absolute atomic E-state index is 0.151. The van der Waals surface area contributed by atoms with Gasteiger partial charge in [-0.15, -0.1) is 0 Å². The van der Waals surface area contributed by atoms with Crippen LogP contribution in [0.3, 0.4) is 0 Å². The molecule has 2 unspecified atom stereocenters. The lowest BCUT2D eigenvalue weighted by Gasteiger charge is -2.27. The Hall–Kier alpha value is -1.68. The Balaban J connectivity index is 1.46. The molecule has 22 heavy (non-hydrogen) atoms. The molecule has 0 heterocycles. The molecule has 0 fully saturated rings. The van der Waals surface area contributed by atoms with E-state index in [0.29, 0.717) is 13.2 Å². The van der Waals surface area contributed by atoms with E-state index in [0.717, 1.165) is 18.5 Å². The highest BCUT2D eigenvalue weighted by Gasteiger charge is 2.32. The Kier molecular flexibility index (Phi) is 4.88. The van der Waals surface area contributed by atoms with Crippen molar-refractivity contribution in [2.75, 3.05) is 20.2 Å². The summed E-state index contributed by atoms with van der Waals surface area (Å²) >= 11 is 0. The molecular weight excluding hydrogens is 274 g/mol. The van der Waals surface area contributed by atoms with Gasteiger partial charge >= 0.3 is 0 Å². The van der Waals surface area contributed by atoms with Crippen LogP contribution in [-0.4, -0.2) is 36.2 Å². The van der Waals surface area contributed by atoms with E-state index >= 15 is 0 Å². The lowest BCUT2D eigenvalue weighted by atomic mass is 10.1. The van der Waals surface area contributed by atoms with E-state index in [-0.39, 0.29) is 6.04 Å². The van der Waals surface area contributed by atoms with Crippen molar-refractivity contribution in [3.63, 3.8) is 0 Å². The topological polar surface area (TPSA) is 32.7 Å². The molecule has 1 N–H and O–H groups in total. The highest BCUT2D eigenvalue weighted by Crippen LogP contribution is 2.33. The molecule has 0 aliphatic heterocycles. The predicted molar refractivity (Wildman–Crippen MR) is 87.6 cm³/mol. The van der Waals surface area contributed by atoms with Crippen molar-refractivity contribution in [3.05, 3.63) is 71.3 Å². The highest BCUT2D eigenvalue weighted by atomic mass is 16.5. The number of ether oxygens (including phenoxy) is 1. The summed E-state index contributed by atoms with van der Waals surface area (Å²) in [5, 5.41) is 10.5. The predicted octanol–water partition coefficient (Wildman–Crippen LogP) is 2.79. The summed E-state index contributed by atoms with van der Waals surface area (Å²) in [6.07, 6.45) is 0.516. The van der Waals surface area contributed by atoms with E-state index in [1.165, 1.54) is 11.1 Å². The van der Waals surface area contributed by atoms with Gasteiger partial charge in [0, 0.05) is 12.6 Å². The minimum Gasteiger partial charge on any atom is -0.387 e. The number of benzene rings is 2. The Morgan fingerprint density at radius 3 is 2.59 bits per heavy atom. The molecule has 116 valence electrons. The molecule has 0 amide bonds. The molecule has 2 aromatic carbocycles.